The van der Waals surface area contributed by atoms with Gasteiger partial charge in [0.1, 0.15) is 11.2 Å². The van der Waals surface area contributed by atoms with Crippen molar-refractivity contribution in [2.45, 2.75) is 59.7 Å². The zero-order valence-electron chi connectivity index (χ0n) is 26.3. The summed E-state index contributed by atoms with van der Waals surface area (Å²) in [7, 11) is 0. The summed E-state index contributed by atoms with van der Waals surface area (Å²) < 4.78 is 11.2. The van der Waals surface area contributed by atoms with Gasteiger partial charge in [-0.1, -0.05) is 48.5 Å². The Hall–Kier alpha value is -4.98. The third kappa shape index (κ3) is 8.31. The topological polar surface area (TPSA) is 97.8 Å². The minimum atomic E-state index is -0.732. The van der Waals surface area contributed by atoms with Crippen molar-refractivity contribution >= 4 is 29.3 Å². The average molecular weight is 594 g/mol. The zero-order chi connectivity index (χ0) is 32.1. The first-order valence-electron chi connectivity index (χ1n) is 14.5. The second kappa shape index (κ2) is 13.1. The summed E-state index contributed by atoms with van der Waals surface area (Å²) >= 11 is 0. The molecular formula is C36H39N3O5. The van der Waals surface area contributed by atoms with Gasteiger partial charge in [0.05, 0.1) is 16.8 Å². The zero-order valence-corrected chi connectivity index (χ0v) is 26.3. The number of pyridine rings is 1. The van der Waals surface area contributed by atoms with Crippen molar-refractivity contribution in [1.82, 2.24) is 4.98 Å². The maximum Gasteiger partial charge on any atom is 0.414 e. The van der Waals surface area contributed by atoms with Crippen LogP contribution < -0.4 is 10.2 Å². The smallest absolute Gasteiger partial charge is 0.414 e. The number of carbonyl (C=O) groups is 3. The maximum absolute atomic E-state index is 13.5. The molecule has 0 saturated heterocycles. The fourth-order valence-corrected chi connectivity index (χ4v) is 4.47. The Kier molecular flexibility index (Phi) is 9.53. The molecule has 0 aliphatic heterocycles. The molecule has 0 radical (unpaired) electrons. The van der Waals surface area contributed by atoms with Crippen molar-refractivity contribution in [2.75, 3.05) is 16.8 Å². The molecular weight excluding hydrogens is 554 g/mol. The molecule has 0 aliphatic rings. The SMILES string of the molecule is CCN(C(=O)OC(C)(C)C)c1cccc(-c2ccc(C(=O)OC(C)(C)C)c(NC(=O)c3cncc(-c4ccccc4)c3)c2)c1. The van der Waals surface area contributed by atoms with Crippen LogP contribution in [0.5, 0.6) is 0 Å². The molecule has 1 aromatic heterocycles. The van der Waals surface area contributed by atoms with Gasteiger partial charge in [0.15, 0.2) is 0 Å². The lowest BCUT2D eigenvalue weighted by Gasteiger charge is -2.27. The van der Waals surface area contributed by atoms with Crippen LogP contribution in [0.4, 0.5) is 16.2 Å². The van der Waals surface area contributed by atoms with E-state index in [9.17, 15) is 14.4 Å². The van der Waals surface area contributed by atoms with Gasteiger partial charge in [-0.05, 0) is 95.5 Å². The molecule has 4 rings (SSSR count). The van der Waals surface area contributed by atoms with Crippen LogP contribution in [-0.2, 0) is 9.47 Å². The number of rotatable bonds is 7. The Labute approximate surface area is 259 Å². The molecule has 1 heterocycles. The van der Waals surface area contributed by atoms with Gasteiger partial charge >= 0.3 is 12.1 Å². The highest BCUT2D eigenvalue weighted by atomic mass is 16.6. The normalized spacial score (nSPS) is 11.4. The Morgan fingerprint density at radius 3 is 2.05 bits per heavy atom. The number of anilines is 2. The van der Waals surface area contributed by atoms with Crippen LogP contribution in [0.1, 0.15) is 69.2 Å². The van der Waals surface area contributed by atoms with E-state index < -0.39 is 29.2 Å². The van der Waals surface area contributed by atoms with Gasteiger partial charge in [-0.2, -0.15) is 0 Å². The number of amides is 2. The Morgan fingerprint density at radius 2 is 1.39 bits per heavy atom. The first-order chi connectivity index (χ1) is 20.7. The molecule has 1 N–H and O–H groups in total. The second-order valence-corrected chi connectivity index (χ2v) is 12.3. The van der Waals surface area contributed by atoms with Gasteiger partial charge in [0.2, 0.25) is 0 Å². The molecule has 0 unspecified atom stereocenters. The second-order valence-electron chi connectivity index (χ2n) is 12.3. The summed E-state index contributed by atoms with van der Waals surface area (Å²) in [6.45, 7) is 13.1. The van der Waals surface area contributed by atoms with Crippen molar-refractivity contribution in [3.05, 3.63) is 102 Å². The number of esters is 1. The summed E-state index contributed by atoms with van der Waals surface area (Å²) in [6, 6.07) is 24.0. The van der Waals surface area contributed by atoms with Gasteiger partial charge in [0, 0.05) is 30.2 Å². The number of hydrogen-bond acceptors (Lipinski definition) is 6. The van der Waals surface area contributed by atoms with E-state index in [0.29, 0.717) is 17.8 Å². The molecule has 4 aromatic rings. The number of nitrogens with one attached hydrogen (secondary N) is 1. The van der Waals surface area contributed by atoms with E-state index in [-0.39, 0.29) is 11.3 Å². The van der Waals surface area contributed by atoms with Gasteiger partial charge in [-0.3, -0.25) is 14.7 Å². The van der Waals surface area contributed by atoms with Gasteiger partial charge in [0.25, 0.3) is 5.91 Å². The third-order valence-corrected chi connectivity index (χ3v) is 6.42. The fourth-order valence-electron chi connectivity index (χ4n) is 4.47. The first-order valence-corrected chi connectivity index (χ1v) is 14.5. The van der Waals surface area contributed by atoms with Crippen LogP contribution in [0, 0.1) is 0 Å². The highest BCUT2D eigenvalue weighted by molar-refractivity contribution is 6.09. The minimum absolute atomic E-state index is 0.212. The van der Waals surface area contributed by atoms with Crippen LogP contribution in [0.3, 0.4) is 0 Å². The Balaban J connectivity index is 1.71. The van der Waals surface area contributed by atoms with Crippen molar-refractivity contribution < 1.29 is 23.9 Å². The summed E-state index contributed by atoms with van der Waals surface area (Å²) in [5.41, 5.74) is 3.36. The lowest BCUT2D eigenvalue weighted by Crippen LogP contribution is -2.36. The molecule has 2 amide bonds. The van der Waals surface area contributed by atoms with E-state index in [1.807, 2.05) is 82.3 Å². The fraction of sp³-hybridized carbons (Fsp3) is 0.278. The van der Waals surface area contributed by atoms with Crippen molar-refractivity contribution in [2.24, 2.45) is 0 Å². The number of ether oxygens (including phenoxy) is 2. The molecule has 8 heteroatoms. The van der Waals surface area contributed by atoms with Crippen LogP contribution in [0.15, 0.2) is 91.3 Å². The number of aromatic nitrogens is 1. The van der Waals surface area contributed by atoms with Crippen molar-refractivity contribution in [1.29, 1.82) is 0 Å². The summed E-state index contributed by atoms with van der Waals surface area (Å²) in [6.07, 6.45) is 2.73. The van der Waals surface area contributed by atoms with E-state index in [2.05, 4.69) is 10.3 Å². The largest absolute Gasteiger partial charge is 0.456 e. The predicted molar refractivity (Wildman–Crippen MR) is 174 cm³/mol. The van der Waals surface area contributed by atoms with E-state index in [1.165, 1.54) is 6.20 Å². The average Bonchev–Trinajstić information content (AvgIpc) is 2.96. The Morgan fingerprint density at radius 1 is 0.727 bits per heavy atom. The van der Waals surface area contributed by atoms with Gasteiger partial charge < -0.3 is 14.8 Å². The highest BCUT2D eigenvalue weighted by Gasteiger charge is 2.24. The predicted octanol–water partition coefficient (Wildman–Crippen LogP) is 8.38. The molecule has 0 saturated carbocycles. The quantitative estimate of drug-likeness (QED) is 0.216. The minimum Gasteiger partial charge on any atom is -0.456 e. The van der Waals surface area contributed by atoms with E-state index in [4.69, 9.17) is 9.47 Å². The molecule has 0 fully saturated rings. The van der Waals surface area contributed by atoms with E-state index in [1.54, 1.807) is 56.1 Å². The lowest BCUT2D eigenvalue weighted by molar-refractivity contribution is 0.00705. The highest BCUT2D eigenvalue weighted by Crippen LogP contribution is 2.31. The molecule has 0 bridgehead atoms. The standard InChI is InChI=1S/C36H39N3O5/c1-8-39(34(42)44-36(5,6)7)29-16-12-15-25(20-29)26-17-18-30(33(41)43-35(2,3)4)31(21-26)38-32(40)28-19-27(22-37-23-28)24-13-10-9-11-14-24/h9-23H,8H2,1-7H3,(H,38,40). The van der Waals surface area contributed by atoms with Crippen molar-refractivity contribution in [3.8, 4) is 22.3 Å². The van der Waals surface area contributed by atoms with Crippen LogP contribution >= 0.6 is 0 Å². The number of benzene rings is 3. The number of nitrogens with zero attached hydrogens (tertiary/aromatic N) is 2. The van der Waals surface area contributed by atoms with E-state index >= 15 is 0 Å². The number of carbonyl (C=O) groups excluding carboxylic acids is 3. The summed E-state index contributed by atoms with van der Waals surface area (Å²) in [5.74, 6) is -0.987. The lowest BCUT2D eigenvalue weighted by atomic mass is 10.0. The summed E-state index contributed by atoms with van der Waals surface area (Å²) in [5, 5.41) is 2.91. The Bertz CT molecular complexity index is 1650. The number of hydrogen-bond donors (Lipinski definition) is 1. The molecule has 0 aliphatic carbocycles. The van der Waals surface area contributed by atoms with E-state index in [0.717, 1.165) is 22.3 Å². The summed E-state index contributed by atoms with van der Waals surface area (Å²) in [4.78, 5) is 45.5. The molecule has 44 heavy (non-hydrogen) atoms. The third-order valence-electron chi connectivity index (χ3n) is 6.42. The first kappa shape index (κ1) is 31.9. The molecule has 0 atom stereocenters. The molecule has 0 spiro atoms. The monoisotopic (exact) mass is 593 g/mol. The maximum atomic E-state index is 13.5. The van der Waals surface area contributed by atoms with Crippen LogP contribution in [0.25, 0.3) is 22.3 Å². The van der Waals surface area contributed by atoms with Gasteiger partial charge in [-0.15, -0.1) is 0 Å². The van der Waals surface area contributed by atoms with Crippen molar-refractivity contribution in [3.63, 3.8) is 0 Å². The van der Waals surface area contributed by atoms with Crippen LogP contribution in [0.2, 0.25) is 0 Å². The molecule has 228 valence electrons. The van der Waals surface area contributed by atoms with Gasteiger partial charge in [-0.25, -0.2) is 9.59 Å². The van der Waals surface area contributed by atoms with Crippen LogP contribution in [-0.4, -0.2) is 40.7 Å². The molecule has 3 aromatic carbocycles. The molecule has 8 nitrogen and oxygen atoms in total.